The molecule has 0 bridgehead atoms. The zero-order valence-electron chi connectivity index (χ0n) is 16.6. The standard InChI is InChI=1S/C24H16ClF2N3O2/c25-18-11-16(27)4-3-12(18)7-21-24(32)30-19-6-5-15(26)10-17(19)23(29-21)14-2-1-13-9-22(31)28-20(13)8-14/h1-6,8,10-11,21H,7,9H2,(H,28,31)(H,30,32). The lowest BCUT2D eigenvalue weighted by Crippen LogP contribution is -2.27. The van der Waals surface area contributed by atoms with E-state index in [4.69, 9.17) is 11.6 Å². The molecule has 160 valence electrons. The summed E-state index contributed by atoms with van der Waals surface area (Å²) >= 11 is 6.17. The van der Waals surface area contributed by atoms with Gasteiger partial charge in [-0.05, 0) is 47.5 Å². The maximum atomic E-state index is 14.1. The Morgan fingerprint density at radius 3 is 2.53 bits per heavy atom. The third-order valence-electron chi connectivity index (χ3n) is 5.52. The average molecular weight is 452 g/mol. The second-order valence-electron chi connectivity index (χ2n) is 7.71. The summed E-state index contributed by atoms with van der Waals surface area (Å²) in [6.45, 7) is 0. The number of hydrogen-bond donors (Lipinski definition) is 2. The van der Waals surface area contributed by atoms with Crippen LogP contribution in [0.2, 0.25) is 5.02 Å². The second kappa shape index (κ2) is 7.84. The Kier molecular flexibility index (Phi) is 4.98. The molecule has 32 heavy (non-hydrogen) atoms. The van der Waals surface area contributed by atoms with Crippen LogP contribution in [0.3, 0.4) is 0 Å². The van der Waals surface area contributed by atoms with Crippen molar-refractivity contribution < 1.29 is 18.4 Å². The summed E-state index contributed by atoms with van der Waals surface area (Å²) in [5, 5.41) is 5.80. The topological polar surface area (TPSA) is 70.6 Å². The van der Waals surface area contributed by atoms with Crippen LogP contribution < -0.4 is 10.6 Å². The number of rotatable bonds is 3. The number of amides is 2. The van der Waals surface area contributed by atoms with Crippen LogP contribution in [0, 0.1) is 11.6 Å². The Labute approximate surface area is 187 Å². The molecule has 0 saturated heterocycles. The predicted molar refractivity (Wildman–Crippen MR) is 118 cm³/mol. The first-order valence-electron chi connectivity index (χ1n) is 9.93. The number of anilines is 2. The molecule has 2 amide bonds. The van der Waals surface area contributed by atoms with E-state index in [1.165, 1.54) is 36.4 Å². The summed E-state index contributed by atoms with van der Waals surface area (Å²) in [4.78, 5) is 29.4. The minimum atomic E-state index is -0.883. The first-order valence-corrected chi connectivity index (χ1v) is 10.3. The van der Waals surface area contributed by atoms with Crippen LogP contribution in [0.1, 0.15) is 22.3 Å². The van der Waals surface area contributed by atoms with E-state index in [9.17, 15) is 18.4 Å². The lowest BCUT2D eigenvalue weighted by Gasteiger charge is -2.13. The zero-order chi connectivity index (χ0) is 22.4. The Morgan fingerprint density at radius 2 is 1.72 bits per heavy atom. The number of halogens is 3. The maximum absolute atomic E-state index is 14.1. The van der Waals surface area contributed by atoms with Crippen molar-refractivity contribution in [1.29, 1.82) is 0 Å². The van der Waals surface area contributed by atoms with Gasteiger partial charge in [-0.1, -0.05) is 29.8 Å². The minimum Gasteiger partial charge on any atom is -0.326 e. The number of nitrogens with one attached hydrogen (secondary N) is 2. The fourth-order valence-electron chi connectivity index (χ4n) is 3.95. The quantitative estimate of drug-likeness (QED) is 0.615. The van der Waals surface area contributed by atoms with Crippen LogP contribution in [-0.4, -0.2) is 23.6 Å². The SMILES string of the molecule is O=C1Cc2ccc(C3=NC(Cc4ccc(F)cc4Cl)C(=O)Nc4ccc(F)cc43)cc2N1. The van der Waals surface area contributed by atoms with Crippen LogP contribution in [0.4, 0.5) is 20.2 Å². The number of benzene rings is 3. The molecule has 0 spiro atoms. The van der Waals surface area contributed by atoms with Gasteiger partial charge in [-0.2, -0.15) is 0 Å². The molecular formula is C24H16ClF2N3O2. The fourth-order valence-corrected chi connectivity index (χ4v) is 4.19. The van der Waals surface area contributed by atoms with Gasteiger partial charge in [-0.25, -0.2) is 8.78 Å². The molecule has 3 aromatic carbocycles. The summed E-state index contributed by atoms with van der Waals surface area (Å²) in [5.41, 5.74) is 3.97. The molecule has 2 heterocycles. The van der Waals surface area contributed by atoms with Gasteiger partial charge in [0.25, 0.3) is 0 Å². The highest BCUT2D eigenvalue weighted by Gasteiger charge is 2.28. The molecule has 2 N–H and O–H groups in total. The number of benzodiazepines with no additional fused rings is 1. The number of carbonyl (C=O) groups excluding carboxylic acids is 2. The van der Waals surface area contributed by atoms with Gasteiger partial charge in [0.15, 0.2) is 0 Å². The van der Waals surface area contributed by atoms with E-state index >= 15 is 0 Å². The van der Waals surface area contributed by atoms with Crippen LogP contribution >= 0.6 is 11.6 Å². The van der Waals surface area contributed by atoms with Gasteiger partial charge in [0, 0.05) is 28.3 Å². The predicted octanol–water partition coefficient (Wildman–Crippen LogP) is 4.51. The monoisotopic (exact) mass is 451 g/mol. The Bertz CT molecular complexity index is 1320. The third-order valence-corrected chi connectivity index (χ3v) is 5.87. The molecule has 0 fully saturated rings. The molecule has 0 radical (unpaired) electrons. The molecule has 2 aliphatic rings. The van der Waals surface area contributed by atoms with Crippen molar-refractivity contribution in [1.82, 2.24) is 0 Å². The summed E-state index contributed by atoms with van der Waals surface area (Å²) < 4.78 is 27.6. The molecule has 5 nitrogen and oxygen atoms in total. The van der Waals surface area contributed by atoms with Gasteiger partial charge in [-0.15, -0.1) is 0 Å². The van der Waals surface area contributed by atoms with Crippen molar-refractivity contribution in [3.05, 3.63) is 93.5 Å². The van der Waals surface area contributed by atoms with E-state index in [0.717, 1.165) is 5.56 Å². The number of aliphatic imine (C=N–C) groups is 1. The normalized spacial score (nSPS) is 17.1. The molecule has 3 aromatic rings. The molecule has 5 rings (SSSR count). The molecule has 1 unspecified atom stereocenters. The number of nitrogens with zero attached hydrogens (tertiary/aromatic N) is 1. The lowest BCUT2D eigenvalue weighted by atomic mass is 9.98. The number of carbonyl (C=O) groups is 2. The van der Waals surface area contributed by atoms with Gasteiger partial charge in [0.05, 0.1) is 17.8 Å². The van der Waals surface area contributed by atoms with Crippen molar-refractivity contribution in [2.45, 2.75) is 18.9 Å². The summed E-state index contributed by atoms with van der Waals surface area (Å²) in [6, 6.07) is 12.5. The van der Waals surface area contributed by atoms with Crippen molar-refractivity contribution in [3.8, 4) is 0 Å². The molecule has 0 aliphatic carbocycles. The summed E-state index contributed by atoms with van der Waals surface area (Å²) in [6.07, 6.45) is 0.422. The highest BCUT2D eigenvalue weighted by Crippen LogP contribution is 2.30. The van der Waals surface area contributed by atoms with Crippen molar-refractivity contribution in [2.24, 2.45) is 4.99 Å². The highest BCUT2D eigenvalue weighted by molar-refractivity contribution is 6.31. The first kappa shape index (κ1) is 20.3. The highest BCUT2D eigenvalue weighted by atomic mass is 35.5. The van der Waals surface area contributed by atoms with Gasteiger partial charge in [-0.3, -0.25) is 14.6 Å². The number of hydrogen-bond acceptors (Lipinski definition) is 3. The van der Waals surface area contributed by atoms with E-state index in [0.29, 0.717) is 40.2 Å². The zero-order valence-corrected chi connectivity index (χ0v) is 17.3. The molecule has 8 heteroatoms. The maximum Gasteiger partial charge on any atom is 0.249 e. The summed E-state index contributed by atoms with van der Waals surface area (Å²) in [7, 11) is 0. The summed E-state index contributed by atoms with van der Waals surface area (Å²) in [5.74, 6) is -1.44. The Hall–Kier alpha value is -3.58. The van der Waals surface area contributed by atoms with Gasteiger partial charge in [0.1, 0.15) is 17.7 Å². The minimum absolute atomic E-state index is 0.105. The Balaban J connectivity index is 1.62. The average Bonchev–Trinajstić information content (AvgIpc) is 3.06. The molecular weight excluding hydrogens is 436 g/mol. The molecule has 1 atom stereocenters. The van der Waals surface area contributed by atoms with Crippen LogP contribution in [0.15, 0.2) is 59.6 Å². The van der Waals surface area contributed by atoms with Crippen LogP contribution in [0.5, 0.6) is 0 Å². The third kappa shape index (κ3) is 3.76. The number of fused-ring (bicyclic) bond motifs is 2. The van der Waals surface area contributed by atoms with E-state index in [-0.39, 0.29) is 23.3 Å². The van der Waals surface area contributed by atoms with Crippen molar-refractivity contribution in [3.63, 3.8) is 0 Å². The van der Waals surface area contributed by atoms with E-state index in [1.807, 2.05) is 6.07 Å². The Morgan fingerprint density at radius 1 is 0.938 bits per heavy atom. The second-order valence-corrected chi connectivity index (χ2v) is 8.12. The van der Waals surface area contributed by atoms with Crippen molar-refractivity contribution in [2.75, 3.05) is 10.6 Å². The van der Waals surface area contributed by atoms with E-state index in [2.05, 4.69) is 15.6 Å². The van der Waals surface area contributed by atoms with Crippen LogP contribution in [0.25, 0.3) is 0 Å². The molecule has 0 saturated carbocycles. The first-order chi connectivity index (χ1) is 15.4. The fraction of sp³-hybridized carbons (Fsp3) is 0.125. The smallest absolute Gasteiger partial charge is 0.249 e. The van der Waals surface area contributed by atoms with E-state index < -0.39 is 17.7 Å². The molecule has 0 aromatic heterocycles. The lowest BCUT2D eigenvalue weighted by molar-refractivity contribution is -0.117. The largest absolute Gasteiger partial charge is 0.326 e. The van der Waals surface area contributed by atoms with Gasteiger partial charge in [0.2, 0.25) is 11.8 Å². The van der Waals surface area contributed by atoms with Crippen molar-refractivity contribution >= 4 is 40.5 Å². The van der Waals surface area contributed by atoms with Gasteiger partial charge >= 0.3 is 0 Å². The van der Waals surface area contributed by atoms with Crippen LogP contribution in [-0.2, 0) is 22.4 Å². The molecule has 2 aliphatic heterocycles. The van der Waals surface area contributed by atoms with Gasteiger partial charge < -0.3 is 10.6 Å². The van der Waals surface area contributed by atoms with E-state index in [1.54, 1.807) is 12.1 Å².